The van der Waals surface area contributed by atoms with Crippen molar-refractivity contribution in [2.45, 2.75) is 18.9 Å². The standard InChI is InChI=1S/C22H23N3O3/c1-27-18-5-2-4-17(12-18)21-13-20(24-25-21)15-7-9-16(10-8-15)22(26)23-14-19-6-3-11-28-19/h2,4-5,7-10,12-13,19H,3,6,11,14H2,1H3,(H,23,26)(H,24,25). The van der Waals surface area contributed by atoms with Gasteiger partial charge in [0.2, 0.25) is 0 Å². The lowest BCUT2D eigenvalue weighted by molar-refractivity contribution is 0.0858. The first-order chi connectivity index (χ1) is 13.7. The summed E-state index contributed by atoms with van der Waals surface area (Å²) >= 11 is 0. The van der Waals surface area contributed by atoms with Crippen molar-refractivity contribution < 1.29 is 14.3 Å². The van der Waals surface area contributed by atoms with Crippen molar-refractivity contribution in [3.8, 4) is 28.3 Å². The maximum atomic E-state index is 12.3. The fraction of sp³-hybridized carbons (Fsp3) is 0.273. The van der Waals surface area contributed by atoms with Crippen LogP contribution in [0.5, 0.6) is 5.75 Å². The van der Waals surface area contributed by atoms with Crippen LogP contribution < -0.4 is 10.1 Å². The number of amides is 1. The number of hydrogen-bond donors (Lipinski definition) is 2. The van der Waals surface area contributed by atoms with Gasteiger partial charge in [-0.2, -0.15) is 5.10 Å². The van der Waals surface area contributed by atoms with E-state index in [4.69, 9.17) is 9.47 Å². The van der Waals surface area contributed by atoms with Crippen LogP contribution in [-0.2, 0) is 4.74 Å². The van der Waals surface area contributed by atoms with Crippen molar-refractivity contribution in [1.29, 1.82) is 0 Å². The third-order valence-electron chi connectivity index (χ3n) is 4.92. The Morgan fingerprint density at radius 3 is 2.82 bits per heavy atom. The summed E-state index contributed by atoms with van der Waals surface area (Å²) in [4.78, 5) is 12.3. The summed E-state index contributed by atoms with van der Waals surface area (Å²) in [6.45, 7) is 1.35. The van der Waals surface area contributed by atoms with Crippen LogP contribution in [0.2, 0.25) is 0 Å². The first-order valence-electron chi connectivity index (χ1n) is 9.43. The van der Waals surface area contributed by atoms with Crippen molar-refractivity contribution in [1.82, 2.24) is 15.5 Å². The summed E-state index contributed by atoms with van der Waals surface area (Å²) in [6.07, 6.45) is 2.22. The molecule has 0 saturated carbocycles. The SMILES string of the molecule is COc1cccc(-c2cc(-c3ccc(C(=O)NCC4CCCO4)cc3)[nH]n2)c1. The van der Waals surface area contributed by atoms with Crippen LogP contribution in [0.1, 0.15) is 23.2 Å². The topological polar surface area (TPSA) is 76.2 Å². The van der Waals surface area contributed by atoms with E-state index in [-0.39, 0.29) is 12.0 Å². The van der Waals surface area contributed by atoms with Gasteiger partial charge in [0.15, 0.2) is 0 Å². The predicted molar refractivity (Wildman–Crippen MR) is 107 cm³/mol. The first-order valence-corrected chi connectivity index (χ1v) is 9.43. The number of benzene rings is 2. The van der Waals surface area contributed by atoms with E-state index in [0.717, 1.165) is 47.7 Å². The molecule has 6 heteroatoms. The highest BCUT2D eigenvalue weighted by Gasteiger charge is 2.16. The van der Waals surface area contributed by atoms with E-state index in [1.54, 1.807) is 7.11 Å². The fourth-order valence-corrected chi connectivity index (χ4v) is 3.31. The van der Waals surface area contributed by atoms with Gasteiger partial charge in [-0.1, -0.05) is 24.3 Å². The number of carbonyl (C=O) groups excluding carboxylic acids is 1. The number of methoxy groups -OCH3 is 1. The second-order valence-electron chi connectivity index (χ2n) is 6.82. The van der Waals surface area contributed by atoms with E-state index < -0.39 is 0 Å². The van der Waals surface area contributed by atoms with E-state index >= 15 is 0 Å². The highest BCUT2D eigenvalue weighted by molar-refractivity contribution is 5.94. The Kier molecular flexibility index (Phi) is 5.39. The largest absolute Gasteiger partial charge is 0.497 e. The Morgan fingerprint density at radius 2 is 2.07 bits per heavy atom. The molecule has 1 aliphatic rings. The van der Waals surface area contributed by atoms with Crippen LogP contribution >= 0.6 is 0 Å². The maximum absolute atomic E-state index is 12.3. The molecule has 0 bridgehead atoms. The molecular weight excluding hydrogens is 354 g/mol. The predicted octanol–water partition coefficient (Wildman–Crippen LogP) is 3.66. The second kappa shape index (κ2) is 8.27. The van der Waals surface area contributed by atoms with E-state index in [1.165, 1.54) is 0 Å². The number of hydrogen-bond acceptors (Lipinski definition) is 4. The summed E-state index contributed by atoms with van der Waals surface area (Å²) in [5, 5.41) is 10.4. The molecular formula is C22H23N3O3. The normalized spacial score (nSPS) is 16.1. The molecule has 1 fully saturated rings. The van der Waals surface area contributed by atoms with Gasteiger partial charge in [-0.05, 0) is 48.7 Å². The van der Waals surface area contributed by atoms with Gasteiger partial charge < -0.3 is 14.8 Å². The molecule has 0 radical (unpaired) electrons. The molecule has 1 aromatic heterocycles. The minimum absolute atomic E-state index is 0.0799. The number of aromatic nitrogens is 2. The van der Waals surface area contributed by atoms with E-state index in [9.17, 15) is 4.79 Å². The number of aromatic amines is 1. The summed E-state index contributed by atoms with van der Waals surface area (Å²) in [5.74, 6) is 0.712. The van der Waals surface area contributed by atoms with Gasteiger partial charge in [0, 0.05) is 24.3 Å². The molecule has 1 saturated heterocycles. The quantitative estimate of drug-likeness (QED) is 0.687. The van der Waals surface area contributed by atoms with Crippen LogP contribution in [0.25, 0.3) is 22.5 Å². The van der Waals surface area contributed by atoms with Crippen LogP contribution in [0.15, 0.2) is 54.6 Å². The lowest BCUT2D eigenvalue weighted by Gasteiger charge is -2.10. The summed E-state index contributed by atoms with van der Waals surface area (Å²) in [5.41, 5.74) is 4.31. The summed E-state index contributed by atoms with van der Waals surface area (Å²) in [7, 11) is 1.65. The summed E-state index contributed by atoms with van der Waals surface area (Å²) < 4.78 is 10.8. The van der Waals surface area contributed by atoms with Crippen LogP contribution in [0.3, 0.4) is 0 Å². The van der Waals surface area contributed by atoms with Crippen molar-refractivity contribution in [2.24, 2.45) is 0 Å². The number of H-pyrrole nitrogens is 1. The van der Waals surface area contributed by atoms with Crippen molar-refractivity contribution in [3.63, 3.8) is 0 Å². The van der Waals surface area contributed by atoms with Crippen LogP contribution in [-0.4, -0.2) is 42.5 Å². The fourth-order valence-electron chi connectivity index (χ4n) is 3.31. The molecule has 2 heterocycles. The number of nitrogens with one attached hydrogen (secondary N) is 2. The number of rotatable bonds is 6. The molecule has 1 atom stereocenters. The molecule has 4 rings (SSSR count). The Hall–Kier alpha value is -3.12. The Balaban J connectivity index is 1.43. The van der Waals surface area contributed by atoms with Crippen molar-refractivity contribution in [3.05, 3.63) is 60.2 Å². The zero-order valence-corrected chi connectivity index (χ0v) is 15.8. The number of nitrogens with zero attached hydrogens (tertiary/aromatic N) is 1. The average molecular weight is 377 g/mol. The molecule has 1 aliphatic heterocycles. The maximum Gasteiger partial charge on any atom is 0.251 e. The van der Waals surface area contributed by atoms with E-state index in [2.05, 4.69) is 15.5 Å². The van der Waals surface area contributed by atoms with Gasteiger partial charge in [0.05, 0.1) is 24.6 Å². The molecule has 2 aromatic carbocycles. The minimum Gasteiger partial charge on any atom is -0.497 e. The monoisotopic (exact) mass is 377 g/mol. The van der Waals surface area contributed by atoms with Crippen molar-refractivity contribution in [2.75, 3.05) is 20.3 Å². The molecule has 28 heavy (non-hydrogen) atoms. The van der Waals surface area contributed by atoms with Crippen LogP contribution in [0, 0.1) is 0 Å². The third-order valence-corrected chi connectivity index (χ3v) is 4.92. The summed E-state index contributed by atoms with van der Waals surface area (Å²) in [6, 6.07) is 17.3. The van der Waals surface area contributed by atoms with Gasteiger partial charge in [-0.15, -0.1) is 0 Å². The molecule has 0 aliphatic carbocycles. The lowest BCUT2D eigenvalue weighted by Crippen LogP contribution is -2.31. The zero-order chi connectivity index (χ0) is 19.3. The average Bonchev–Trinajstić information content (AvgIpc) is 3.44. The molecule has 1 amide bonds. The highest BCUT2D eigenvalue weighted by Crippen LogP contribution is 2.26. The number of carbonyl (C=O) groups is 1. The molecule has 144 valence electrons. The Bertz CT molecular complexity index is 944. The van der Waals surface area contributed by atoms with Gasteiger partial charge in [0.1, 0.15) is 5.75 Å². The number of ether oxygens (including phenoxy) is 2. The van der Waals surface area contributed by atoms with Gasteiger partial charge >= 0.3 is 0 Å². The zero-order valence-electron chi connectivity index (χ0n) is 15.8. The third kappa shape index (κ3) is 4.07. The molecule has 2 N–H and O–H groups in total. The lowest BCUT2D eigenvalue weighted by atomic mass is 10.1. The van der Waals surface area contributed by atoms with Crippen LogP contribution in [0.4, 0.5) is 0 Å². The molecule has 1 unspecified atom stereocenters. The van der Waals surface area contributed by atoms with Gasteiger partial charge in [-0.3, -0.25) is 9.89 Å². The van der Waals surface area contributed by atoms with Crippen molar-refractivity contribution >= 4 is 5.91 Å². The molecule has 6 nitrogen and oxygen atoms in total. The van der Waals surface area contributed by atoms with Gasteiger partial charge in [-0.25, -0.2) is 0 Å². The van der Waals surface area contributed by atoms with E-state index in [1.807, 2.05) is 54.6 Å². The highest BCUT2D eigenvalue weighted by atomic mass is 16.5. The smallest absolute Gasteiger partial charge is 0.251 e. The Labute approximate surface area is 163 Å². The van der Waals surface area contributed by atoms with E-state index in [0.29, 0.717) is 12.1 Å². The Morgan fingerprint density at radius 1 is 1.21 bits per heavy atom. The minimum atomic E-state index is -0.0799. The molecule has 0 spiro atoms. The first kappa shape index (κ1) is 18.3. The van der Waals surface area contributed by atoms with Gasteiger partial charge in [0.25, 0.3) is 5.91 Å². The molecule has 3 aromatic rings. The second-order valence-corrected chi connectivity index (χ2v) is 6.82.